The predicted octanol–water partition coefficient (Wildman–Crippen LogP) is 5.97. The van der Waals surface area contributed by atoms with Crippen molar-refractivity contribution in [3.8, 4) is 11.5 Å². The first-order chi connectivity index (χ1) is 23.4. The molecule has 0 fully saturated rings. The van der Waals surface area contributed by atoms with Crippen LogP contribution in [0.15, 0.2) is 78.9 Å². The number of aromatic hydroxyl groups is 2. The van der Waals surface area contributed by atoms with E-state index in [1.807, 2.05) is 37.3 Å². The normalized spacial score (nSPS) is 14.0. The summed E-state index contributed by atoms with van der Waals surface area (Å²) in [5, 5.41) is 25.5. The number of ether oxygens (including phenoxy) is 2. The third kappa shape index (κ3) is 12.1. The smallest absolute Gasteiger partial charge is 0.408 e. The molecule has 270 valence electrons. The molecule has 50 heavy (non-hydrogen) atoms. The number of hydrogen-bond donors (Lipinski definition) is 4. The monoisotopic (exact) mass is 689 g/mol. The van der Waals surface area contributed by atoms with Gasteiger partial charge in [-0.15, -0.1) is 0 Å². The van der Waals surface area contributed by atoms with E-state index in [2.05, 4.69) is 10.6 Å². The van der Waals surface area contributed by atoms with E-state index >= 15 is 0 Å². The van der Waals surface area contributed by atoms with Gasteiger partial charge < -0.3 is 35.2 Å². The van der Waals surface area contributed by atoms with Gasteiger partial charge in [0.2, 0.25) is 11.8 Å². The molecule has 0 aliphatic carbocycles. The van der Waals surface area contributed by atoms with Gasteiger partial charge in [-0.1, -0.05) is 61.5 Å². The predicted molar refractivity (Wildman–Crippen MR) is 190 cm³/mol. The van der Waals surface area contributed by atoms with E-state index in [4.69, 9.17) is 9.47 Å². The summed E-state index contributed by atoms with van der Waals surface area (Å²) in [6, 6.07) is 17.2. The van der Waals surface area contributed by atoms with Crippen LogP contribution >= 0.6 is 0 Å². The standard InChI is InChI=1S/C39H51N3O8/c1-9-25(2)42(35(46)31(41-37(48)50-39(6,7)8)23-27-15-19-29(43)20-16-27)33(28-17-21-30(44)22-18-28)34(45)40-32(36(47)49-38(3,4)5)24-26-13-11-10-12-14-26/h10-22,25,31-33,43-44H,9,23-24H2,1-8H3,(H,40,45)(H,41,48). The lowest BCUT2D eigenvalue weighted by atomic mass is 9.97. The van der Waals surface area contributed by atoms with Crippen LogP contribution in [-0.2, 0) is 36.7 Å². The van der Waals surface area contributed by atoms with Crippen molar-refractivity contribution in [1.29, 1.82) is 0 Å². The van der Waals surface area contributed by atoms with Crippen molar-refractivity contribution in [1.82, 2.24) is 15.5 Å². The quantitative estimate of drug-likeness (QED) is 0.160. The number of hydrogen-bond acceptors (Lipinski definition) is 8. The van der Waals surface area contributed by atoms with Gasteiger partial charge in [0.1, 0.15) is 40.8 Å². The maximum absolute atomic E-state index is 14.8. The molecule has 0 radical (unpaired) electrons. The van der Waals surface area contributed by atoms with Crippen LogP contribution < -0.4 is 10.6 Å². The first kappa shape index (κ1) is 39.4. The maximum atomic E-state index is 14.8. The van der Waals surface area contributed by atoms with Crippen molar-refractivity contribution in [2.45, 2.75) is 110 Å². The second-order valence-corrected chi connectivity index (χ2v) is 14.4. The van der Waals surface area contributed by atoms with Crippen LogP contribution in [0.5, 0.6) is 11.5 Å². The van der Waals surface area contributed by atoms with E-state index in [0.29, 0.717) is 17.5 Å². The van der Waals surface area contributed by atoms with Crippen molar-refractivity contribution in [3.05, 3.63) is 95.6 Å². The van der Waals surface area contributed by atoms with Crippen LogP contribution in [0.4, 0.5) is 4.79 Å². The van der Waals surface area contributed by atoms with Crippen molar-refractivity contribution in [3.63, 3.8) is 0 Å². The molecule has 3 amide bonds. The molecule has 4 atom stereocenters. The van der Waals surface area contributed by atoms with Gasteiger partial charge in [0, 0.05) is 18.9 Å². The summed E-state index contributed by atoms with van der Waals surface area (Å²) in [6.45, 7) is 14.0. The highest BCUT2D eigenvalue weighted by molar-refractivity contribution is 5.94. The van der Waals surface area contributed by atoms with Gasteiger partial charge in [0.05, 0.1) is 0 Å². The molecular weight excluding hydrogens is 638 g/mol. The first-order valence-corrected chi connectivity index (χ1v) is 16.8. The number of esters is 1. The lowest BCUT2D eigenvalue weighted by Gasteiger charge is -2.39. The first-order valence-electron chi connectivity index (χ1n) is 16.8. The molecule has 0 saturated carbocycles. The Hall–Kier alpha value is -5.06. The van der Waals surface area contributed by atoms with Crippen molar-refractivity contribution < 1.29 is 38.9 Å². The number of rotatable bonds is 13. The second-order valence-electron chi connectivity index (χ2n) is 14.4. The van der Waals surface area contributed by atoms with E-state index in [-0.39, 0.29) is 24.3 Å². The Balaban J connectivity index is 2.12. The highest BCUT2D eigenvalue weighted by atomic mass is 16.6. The average molecular weight is 690 g/mol. The molecule has 4 N–H and O–H groups in total. The van der Waals surface area contributed by atoms with Gasteiger partial charge in [0.15, 0.2) is 0 Å². The Bertz CT molecular complexity index is 1580. The van der Waals surface area contributed by atoms with Crippen LogP contribution in [0.25, 0.3) is 0 Å². The van der Waals surface area contributed by atoms with Crippen LogP contribution in [0, 0.1) is 0 Å². The average Bonchev–Trinajstić information content (AvgIpc) is 3.02. The number of carbonyl (C=O) groups is 4. The Labute approximate surface area is 295 Å². The van der Waals surface area contributed by atoms with E-state index in [1.54, 1.807) is 60.6 Å². The third-order valence-corrected chi connectivity index (χ3v) is 7.71. The lowest BCUT2D eigenvalue weighted by Crippen LogP contribution is -2.57. The fourth-order valence-corrected chi connectivity index (χ4v) is 5.25. The fraction of sp³-hybridized carbons (Fsp3) is 0.436. The molecule has 0 spiro atoms. The van der Waals surface area contributed by atoms with E-state index in [9.17, 15) is 29.4 Å². The Morgan fingerprint density at radius 2 is 1.20 bits per heavy atom. The van der Waals surface area contributed by atoms with Gasteiger partial charge in [0.25, 0.3) is 0 Å². The molecule has 0 aromatic heterocycles. The van der Waals surface area contributed by atoms with E-state index < -0.39 is 59.2 Å². The number of phenols is 2. The number of alkyl carbamates (subject to hydrolysis) is 1. The SMILES string of the molecule is CCC(C)N(C(=O)C(Cc1ccc(O)cc1)NC(=O)OC(C)(C)C)C(C(=O)NC(Cc1ccccc1)C(=O)OC(C)(C)C)c1ccc(O)cc1. The molecule has 4 unspecified atom stereocenters. The molecule has 3 rings (SSSR count). The van der Waals surface area contributed by atoms with Crippen LogP contribution in [0.2, 0.25) is 0 Å². The maximum Gasteiger partial charge on any atom is 0.408 e. The Kier molecular flexibility index (Phi) is 13.4. The number of benzene rings is 3. The zero-order chi connectivity index (χ0) is 37.2. The fourth-order valence-electron chi connectivity index (χ4n) is 5.25. The lowest BCUT2D eigenvalue weighted by molar-refractivity contribution is -0.159. The zero-order valence-corrected chi connectivity index (χ0v) is 30.2. The molecule has 0 saturated heterocycles. The minimum absolute atomic E-state index is 0.0176. The topological polar surface area (TPSA) is 154 Å². The second kappa shape index (κ2) is 17.0. The molecule has 0 aliphatic rings. The summed E-state index contributed by atoms with van der Waals surface area (Å²) in [5.74, 6) is -1.88. The van der Waals surface area contributed by atoms with Gasteiger partial charge in [-0.3, -0.25) is 9.59 Å². The molecule has 3 aromatic rings. The number of carbonyl (C=O) groups excluding carboxylic acids is 4. The molecule has 11 nitrogen and oxygen atoms in total. The zero-order valence-electron chi connectivity index (χ0n) is 30.2. The molecule has 0 bridgehead atoms. The van der Waals surface area contributed by atoms with Gasteiger partial charge in [-0.2, -0.15) is 0 Å². The third-order valence-electron chi connectivity index (χ3n) is 7.71. The Morgan fingerprint density at radius 3 is 1.72 bits per heavy atom. The molecule has 3 aromatic carbocycles. The number of nitrogens with one attached hydrogen (secondary N) is 2. The van der Waals surface area contributed by atoms with Crippen molar-refractivity contribution in [2.24, 2.45) is 0 Å². The highest BCUT2D eigenvalue weighted by Crippen LogP contribution is 2.29. The van der Waals surface area contributed by atoms with E-state index in [0.717, 1.165) is 5.56 Å². The van der Waals surface area contributed by atoms with Gasteiger partial charge in [-0.05, 0) is 95.8 Å². The van der Waals surface area contributed by atoms with Gasteiger partial charge in [-0.25, -0.2) is 9.59 Å². The summed E-state index contributed by atoms with van der Waals surface area (Å²) in [7, 11) is 0. The number of phenolic OH excluding ortho intramolecular Hbond substituents is 2. The van der Waals surface area contributed by atoms with Gasteiger partial charge >= 0.3 is 12.1 Å². The van der Waals surface area contributed by atoms with Crippen molar-refractivity contribution in [2.75, 3.05) is 0 Å². The number of nitrogens with zero attached hydrogens (tertiary/aromatic N) is 1. The largest absolute Gasteiger partial charge is 0.508 e. The Morgan fingerprint density at radius 1 is 0.700 bits per heavy atom. The van der Waals surface area contributed by atoms with Crippen molar-refractivity contribution >= 4 is 23.9 Å². The van der Waals surface area contributed by atoms with Crippen LogP contribution in [0.3, 0.4) is 0 Å². The minimum Gasteiger partial charge on any atom is -0.508 e. The highest BCUT2D eigenvalue weighted by Gasteiger charge is 2.40. The molecule has 11 heteroatoms. The molecular formula is C39H51N3O8. The summed E-state index contributed by atoms with van der Waals surface area (Å²) in [4.78, 5) is 57.4. The molecule has 0 heterocycles. The minimum atomic E-state index is -1.29. The van der Waals surface area contributed by atoms with Crippen LogP contribution in [-0.4, -0.2) is 68.3 Å². The molecule has 0 aliphatic heterocycles. The summed E-state index contributed by atoms with van der Waals surface area (Å²) in [5.41, 5.74) is 0.115. The summed E-state index contributed by atoms with van der Waals surface area (Å²) >= 11 is 0. The summed E-state index contributed by atoms with van der Waals surface area (Å²) in [6.07, 6.45) is -0.239. The van der Waals surface area contributed by atoms with E-state index in [1.165, 1.54) is 41.3 Å². The summed E-state index contributed by atoms with van der Waals surface area (Å²) < 4.78 is 11.2. The number of amides is 3. The van der Waals surface area contributed by atoms with Crippen LogP contribution in [0.1, 0.15) is 84.5 Å².